The standard InChI is InChI=1S/C15H18N4O2/c1-3-5-12-10-14(16-4-2)18-15(17-12)11-6-8-13(9-7-11)19(20)21/h6-10H,3-5H2,1-2H3,(H,16,17,18). The molecule has 1 N–H and O–H groups in total. The molecule has 21 heavy (non-hydrogen) atoms. The summed E-state index contributed by atoms with van der Waals surface area (Å²) >= 11 is 0. The van der Waals surface area contributed by atoms with Crippen molar-refractivity contribution < 1.29 is 4.92 Å². The molecule has 0 saturated heterocycles. The van der Waals surface area contributed by atoms with Crippen LogP contribution in [-0.4, -0.2) is 21.4 Å². The Hall–Kier alpha value is -2.50. The molecule has 0 aliphatic heterocycles. The van der Waals surface area contributed by atoms with Gasteiger partial charge in [-0.05, 0) is 25.5 Å². The van der Waals surface area contributed by atoms with Gasteiger partial charge in [0.05, 0.1) is 4.92 Å². The Morgan fingerprint density at radius 1 is 1.19 bits per heavy atom. The van der Waals surface area contributed by atoms with Crippen LogP contribution in [-0.2, 0) is 6.42 Å². The number of aromatic nitrogens is 2. The molecule has 1 heterocycles. The van der Waals surface area contributed by atoms with Gasteiger partial charge in [0.15, 0.2) is 5.82 Å². The van der Waals surface area contributed by atoms with Crippen LogP contribution < -0.4 is 5.32 Å². The van der Waals surface area contributed by atoms with Crippen molar-refractivity contribution in [3.05, 3.63) is 46.1 Å². The Morgan fingerprint density at radius 2 is 1.90 bits per heavy atom. The van der Waals surface area contributed by atoms with E-state index in [1.165, 1.54) is 12.1 Å². The fourth-order valence-corrected chi connectivity index (χ4v) is 2.01. The van der Waals surface area contributed by atoms with Crippen molar-refractivity contribution in [3.8, 4) is 11.4 Å². The van der Waals surface area contributed by atoms with Gasteiger partial charge >= 0.3 is 0 Å². The number of nitrogens with one attached hydrogen (secondary N) is 1. The van der Waals surface area contributed by atoms with E-state index in [0.29, 0.717) is 5.82 Å². The molecule has 0 aliphatic rings. The second kappa shape index (κ2) is 6.78. The van der Waals surface area contributed by atoms with E-state index in [1.54, 1.807) is 12.1 Å². The van der Waals surface area contributed by atoms with Crippen LogP contribution in [0.3, 0.4) is 0 Å². The number of non-ortho nitro benzene ring substituents is 1. The molecule has 0 fully saturated rings. The molecule has 0 amide bonds. The smallest absolute Gasteiger partial charge is 0.269 e. The highest BCUT2D eigenvalue weighted by Gasteiger charge is 2.09. The summed E-state index contributed by atoms with van der Waals surface area (Å²) in [6, 6.07) is 8.25. The number of aryl methyl sites for hydroxylation is 1. The van der Waals surface area contributed by atoms with Crippen LogP contribution in [0.15, 0.2) is 30.3 Å². The van der Waals surface area contributed by atoms with E-state index < -0.39 is 4.92 Å². The number of rotatable bonds is 6. The lowest BCUT2D eigenvalue weighted by atomic mass is 10.1. The summed E-state index contributed by atoms with van der Waals surface area (Å²) in [5, 5.41) is 13.9. The van der Waals surface area contributed by atoms with E-state index in [9.17, 15) is 10.1 Å². The zero-order valence-corrected chi connectivity index (χ0v) is 12.2. The molecule has 2 aromatic rings. The highest BCUT2D eigenvalue weighted by Crippen LogP contribution is 2.21. The number of nitrogens with zero attached hydrogens (tertiary/aromatic N) is 3. The third kappa shape index (κ3) is 3.75. The zero-order valence-electron chi connectivity index (χ0n) is 12.2. The molecule has 2 rings (SSSR count). The summed E-state index contributed by atoms with van der Waals surface area (Å²) < 4.78 is 0. The number of benzene rings is 1. The predicted octanol–water partition coefficient (Wildman–Crippen LogP) is 3.44. The topological polar surface area (TPSA) is 81.0 Å². The summed E-state index contributed by atoms with van der Waals surface area (Å²) in [7, 11) is 0. The minimum Gasteiger partial charge on any atom is -0.370 e. The molecule has 0 radical (unpaired) electrons. The van der Waals surface area contributed by atoms with Crippen molar-refractivity contribution >= 4 is 11.5 Å². The van der Waals surface area contributed by atoms with Crippen LogP contribution in [0.25, 0.3) is 11.4 Å². The number of hydrogen-bond donors (Lipinski definition) is 1. The van der Waals surface area contributed by atoms with Gasteiger partial charge in [-0.25, -0.2) is 9.97 Å². The van der Waals surface area contributed by atoms with Crippen LogP contribution in [0.4, 0.5) is 11.5 Å². The van der Waals surface area contributed by atoms with Gasteiger partial charge in [0.25, 0.3) is 5.69 Å². The Kier molecular flexibility index (Phi) is 4.81. The third-order valence-corrected chi connectivity index (χ3v) is 2.98. The van der Waals surface area contributed by atoms with Crippen molar-refractivity contribution in [1.29, 1.82) is 0 Å². The van der Waals surface area contributed by atoms with Gasteiger partial charge in [0, 0.05) is 36.0 Å². The second-order valence-electron chi connectivity index (χ2n) is 4.65. The van der Waals surface area contributed by atoms with Crippen molar-refractivity contribution in [2.75, 3.05) is 11.9 Å². The van der Waals surface area contributed by atoms with E-state index in [0.717, 1.165) is 36.5 Å². The van der Waals surface area contributed by atoms with Crippen molar-refractivity contribution in [3.63, 3.8) is 0 Å². The molecule has 1 aromatic carbocycles. The maximum absolute atomic E-state index is 10.7. The molecule has 0 atom stereocenters. The Balaban J connectivity index is 2.38. The van der Waals surface area contributed by atoms with E-state index in [2.05, 4.69) is 22.2 Å². The average Bonchev–Trinajstić information content (AvgIpc) is 2.48. The van der Waals surface area contributed by atoms with E-state index >= 15 is 0 Å². The van der Waals surface area contributed by atoms with Crippen LogP contribution in [0.1, 0.15) is 26.0 Å². The zero-order chi connectivity index (χ0) is 15.2. The van der Waals surface area contributed by atoms with Gasteiger partial charge < -0.3 is 5.32 Å². The lowest BCUT2D eigenvalue weighted by Crippen LogP contribution is -2.04. The predicted molar refractivity (Wildman–Crippen MR) is 82.3 cm³/mol. The molecular weight excluding hydrogens is 268 g/mol. The minimum absolute atomic E-state index is 0.0652. The van der Waals surface area contributed by atoms with Gasteiger partial charge in [0.1, 0.15) is 5.82 Å². The van der Waals surface area contributed by atoms with Crippen LogP contribution in [0, 0.1) is 10.1 Å². The lowest BCUT2D eigenvalue weighted by molar-refractivity contribution is -0.384. The SMILES string of the molecule is CCCc1cc(NCC)nc(-c2ccc([N+](=O)[O-])cc2)n1. The molecule has 0 unspecified atom stereocenters. The molecule has 6 nitrogen and oxygen atoms in total. The number of nitro groups is 1. The number of anilines is 1. The van der Waals surface area contributed by atoms with Gasteiger partial charge in [-0.15, -0.1) is 0 Å². The normalized spacial score (nSPS) is 10.4. The van der Waals surface area contributed by atoms with Gasteiger partial charge in [-0.1, -0.05) is 13.3 Å². The maximum Gasteiger partial charge on any atom is 0.269 e. The fourth-order valence-electron chi connectivity index (χ4n) is 2.01. The molecule has 0 aliphatic carbocycles. The first-order valence-corrected chi connectivity index (χ1v) is 7.00. The largest absolute Gasteiger partial charge is 0.370 e. The molecule has 0 bridgehead atoms. The highest BCUT2D eigenvalue weighted by atomic mass is 16.6. The Labute approximate surface area is 123 Å². The first-order valence-electron chi connectivity index (χ1n) is 7.00. The lowest BCUT2D eigenvalue weighted by Gasteiger charge is -2.08. The van der Waals surface area contributed by atoms with E-state index in [1.807, 2.05) is 13.0 Å². The Bertz CT molecular complexity index is 602. The first-order chi connectivity index (χ1) is 10.1. The summed E-state index contributed by atoms with van der Waals surface area (Å²) in [5.41, 5.74) is 1.81. The summed E-state index contributed by atoms with van der Waals surface area (Å²) in [5.74, 6) is 1.37. The molecule has 110 valence electrons. The summed E-state index contributed by atoms with van der Waals surface area (Å²) in [6.07, 6.45) is 1.88. The van der Waals surface area contributed by atoms with Crippen molar-refractivity contribution in [1.82, 2.24) is 9.97 Å². The highest BCUT2D eigenvalue weighted by molar-refractivity contribution is 5.59. The molecule has 0 saturated carbocycles. The molecular formula is C15H18N4O2. The number of nitro benzene ring substituents is 1. The van der Waals surface area contributed by atoms with Gasteiger partial charge in [-0.2, -0.15) is 0 Å². The van der Waals surface area contributed by atoms with Crippen molar-refractivity contribution in [2.24, 2.45) is 0 Å². The first kappa shape index (κ1) is 14.9. The maximum atomic E-state index is 10.7. The molecule has 0 spiro atoms. The van der Waals surface area contributed by atoms with E-state index in [4.69, 9.17) is 0 Å². The van der Waals surface area contributed by atoms with Crippen LogP contribution in [0.5, 0.6) is 0 Å². The quantitative estimate of drug-likeness (QED) is 0.650. The summed E-state index contributed by atoms with van der Waals surface area (Å²) in [4.78, 5) is 19.3. The minimum atomic E-state index is -0.414. The Morgan fingerprint density at radius 3 is 2.48 bits per heavy atom. The summed E-state index contributed by atoms with van der Waals surface area (Å²) in [6.45, 7) is 4.88. The molecule has 6 heteroatoms. The van der Waals surface area contributed by atoms with E-state index in [-0.39, 0.29) is 5.69 Å². The fraction of sp³-hybridized carbons (Fsp3) is 0.333. The van der Waals surface area contributed by atoms with Crippen molar-refractivity contribution in [2.45, 2.75) is 26.7 Å². The van der Waals surface area contributed by atoms with Gasteiger partial charge in [-0.3, -0.25) is 10.1 Å². The van der Waals surface area contributed by atoms with Gasteiger partial charge in [0.2, 0.25) is 0 Å². The number of hydrogen-bond acceptors (Lipinski definition) is 5. The third-order valence-electron chi connectivity index (χ3n) is 2.98. The molecule has 1 aromatic heterocycles. The monoisotopic (exact) mass is 286 g/mol. The van der Waals surface area contributed by atoms with Crippen LogP contribution >= 0.6 is 0 Å². The second-order valence-corrected chi connectivity index (χ2v) is 4.65. The average molecular weight is 286 g/mol. The van der Waals surface area contributed by atoms with Crippen LogP contribution in [0.2, 0.25) is 0 Å².